The topological polar surface area (TPSA) is 28.4 Å². The van der Waals surface area contributed by atoms with Crippen LogP contribution in [0.4, 0.5) is 0 Å². The van der Waals surface area contributed by atoms with Crippen molar-refractivity contribution in [3.05, 3.63) is 23.7 Å². The van der Waals surface area contributed by atoms with E-state index >= 15 is 0 Å². The van der Waals surface area contributed by atoms with E-state index in [1.807, 2.05) is 0 Å². The number of fused-ring (bicyclic) bond motifs is 2. The molecule has 3 rings (SSSR count). The summed E-state index contributed by atoms with van der Waals surface area (Å²) in [6.07, 6.45) is 6.33. The van der Waals surface area contributed by atoms with Gasteiger partial charge in [-0.3, -0.25) is 4.90 Å². The van der Waals surface area contributed by atoms with Crippen LogP contribution in [0.25, 0.3) is 0 Å². The van der Waals surface area contributed by atoms with Gasteiger partial charge in [-0.15, -0.1) is 0 Å². The van der Waals surface area contributed by atoms with Gasteiger partial charge in [-0.2, -0.15) is 0 Å². The highest BCUT2D eigenvalue weighted by molar-refractivity contribution is 5.07. The number of nitrogens with one attached hydrogen (secondary N) is 1. The predicted octanol–water partition coefficient (Wildman–Crippen LogP) is 2.56. The normalized spacial score (nSPS) is 31.2. The van der Waals surface area contributed by atoms with Crippen LogP contribution in [0, 0.1) is 0 Å². The predicted molar refractivity (Wildman–Crippen MR) is 72.5 cm³/mol. The Morgan fingerprint density at radius 1 is 1.22 bits per heavy atom. The smallest absolute Gasteiger partial charge is 0.118 e. The van der Waals surface area contributed by atoms with Crippen molar-refractivity contribution in [3.8, 4) is 0 Å². The van der Waals surface area contributed by atoms with Crippen LogP contribution in [0.5, 0.6) is 0 Å². The minimum absolute atomic E-state index is 0.721. The van der Waals surface area contributed by atoms with Crippen LogP contribution < -0.4 is 5.32 Å². The second-order valence-corrected chi connectivity index (χ2v) is 5.90. The lowest BCUT2D eigenvalue weighted by Crippen LogP contribution is -2.46. The molecule has 0 aromatic carbocycles. The van der Waals surface area contributed by atoms with Crippen molar-refractivity contribution in [2.45, 2.75) is 63.7 Å². The second kappa shape index (κ2) is 5.06. The van der Waals surface area contributed by atoms with Gasteiger partial charge < -0.3 is 9.73 Å². The Morgan fingerprint density at radius 2 is 1.89 bits per heavy atom. The van der Waals surface area contributed by atoms with Crippen molar-refractivity contribution in [1.29, 1.82) is 0 Å². The molecular formula is C15H24N2O. The summed E-state index contributed by atoms with van der Waals surface area (Å²) in [5.74, 6) is 2.21. The average Bonchev–Trinajstić information content (AvgIpc) is 2.96. The van der Waals surface area contributed by atoms with E-state index in [9.17, 15) is 0 Å². The fourth-order valence-electron chi connectivity index (χ4n) is 3.46. The van der Waals surface area contributed by atoms with Crippen molar-refractivity contribution in [1.82, 2.24) is 10.2 Å². The Morgan fingerprint density at radius 3 is 2.50 bits per heavy atom. The van der Waals surface area contributed by atoms with Gasteiger partial charge in [-0.05, 0) is 44.9 Å². The molecule has 3 heteroatoms. The average molecular weight is 248 g/mol. The maximum Gasteiger partial charge on any atom is 0.118 e. The van der Waals surface area contributed by atoms with Crippen LogP contribution >= 0.6 is 0 Å². The molecule has 2 atom stereocenters. The highest BCUT2D eigenvalue weighted by Crippen LogP contribution is 2.29. The molecule has 0 aliphatic carbocycles. The number of furan rings is 1. The van der Waals surface area contributed by atoms with Crippen molar-refractivity contribution in [3.63, 3.8) is 0 Å². The lowest BCUT2D eigenvalue weighted by molar-refractivity contribution is 0.155. The van der Waals surface area contributed by atoms with Crippen molar-refractivity contribution in [2.75, 3.05) is 7.05 Å². The summed E-state index contributed by atoms with van der Waals surface area (Å²) in [4.78, 5) is 2.48. The molecule has 3 heterocycles. The molecule has 1 N–H and O–H groups in total. The maximum absolute atomic E-state index is 5.81. The minimum Gasteiger partial charge on any atom is -0.465 e. The molecule has 1 aromatic heterocycles. The van der Waals surface area contributed by atoms with Crippen LogP contribution in [0.3, 0.4) is 0 Å². The molecule has 0 saturated carbocycles. The van der Waals surface area contributed by atoms with Gasteiger partial charge in [-0.25, -0.2) is 0 Å². The first-order valence-corrected chi connectivity index (χ1v) is 7.28. The lowest BCUT2D eigenvalue weighted by atomic mass is 9.98. The second-order valence-electron chi connectivity index (χ2n) is 5.90. The fraction of sp³-hybridized carbons (Fsp3) is 0.733. The largest absolute Gasteiger partial charge is 0.465 e. The van der Waals surface area contributed by atoms with Gasteiger partial charge in [0.25, 0.3) is 0 Å². The third-order valence-electron chi connectivity index (χ3n) is 4.54. The van der Waals surface area contributed by atoms with Gasteiger partial charge in [0.05, 0.1) is 6.54 Å². The molecule has 2 bridgehead atoms. The fourth-order valence-corrected chi connectivity index (χ4v) is 3.46. The quantitative estimate of drug-likeness (QED) is 0.887. The van der Waals surface area contributed by atoms with Gasteiger partial charge in [0.1, 0.15) is 11.5 Å². The van der Waals surface area contributed by atoms with E-state index in [1.54, 1.807) is 0 Å². The minimum atomic E-state index is 0.721. The zero-order valence-corrected chi connectivity index (χ0v) is 11.5. The molecule has 0 spiro atoms. The van der Waals surface area contributed by atoms with E-state index in [-0.39, 0.29) is 0 Å². The molecule has 0 radical (unpaired) electrons. The van der Waals surface area contributed by atoms with Gasteiger partial charge in [0, 0.05) is 24.5 Å². The van der Waals surface area contributed by atoms with Crippen molar-refractivity contribution in [2.24, 2.45) is 0 Å². The molecule has 2 saturated heterocycles. The number of hydrogen-bond donors (Lipinski definition) is 1. The Kier molecular flexibility index (Phi) is 3.44. The van der Waals surface area contributed by atoms with E-state index in [1.165, 1.54) is 25.7 Å². The summed E-state index contributed by atoms with van der Waals surface area (Å²) in [6, 6.07) is 6.48. The molecule has 2 unspecified atom stereocenters. The summed E-state index contributed by atoms with van der Waals surface area (Å²) >= 11 is 0. The Hall–Kier alpha value is -0.800. The van der Waals surface area contributed by atoms with Crippen LogP contribution in [0.1, 0.15) is 44.1 Å². The number of rotatable bonds is 4. The molecule has 100 valence electrons. The van der Waals surface area contributed by atoms with Crippen LogP contribution in [-0.2, 0) is 13.0 Å². The first-order valence-electron chi connectivity index (χ1n) is 7.28. The zero-order chi connectivity index (χ0) is 12.5. The van der Waals surface area contributed by atoms with Crippen molar-refractivity contribution >= 4 is 0 Å². The molecule has 2 aliphatic rings. The Bertz CT molecular complexity index is 389. The Balaban J connectivity index is 1.59. The van der Waals surface area contributed by atoms with Crippen molar-refractivity contribution < 1.29 is 4.42 Å². The number of hydrogen-bond acceptors (Lipinski definition) is 3. The standard InChI is InChI=1S/C15H24N2O/c1-3-14-6-7-15(18-14)10-17(2)13-8-11-4-5-12(9-13)16-11/h6-7,11-13,16H,3-5,8-10H2,1-2H3. The molecule has 3 nitrogen and oxygen atoms in total. The Labute approximate surface area is 110 Å². The van der Waals surface area contributed by atoms with Gasteiger partial charge in [0.2, 0.25) is 0 Å². The highest BCUT2D eigenvalue weighted by atomic mass is 16.3. The van der Waals surface area contributed by atoms with Crippen LogP contribution in [0.2, 0.25) is 0 Å². The van der Waals surface area contributed by atoms with Gasteiger partial charge in [0.15, 0.2) is 0 Å². The summed E-state index contributed by atoms with van der Waals surface area (Å²) in [5.41, 5.74) is 0. The monoisotopic (exact) mass is 248 g/mol. The van der Waals surface area contributed by atoms with Gasteiger partial charge >= 0.3 is 0 Å². The van der Waals surface area contributed by atoms with E-state index in [4.69, 9.17) is 4.42 Å². The summed E-state index contributed by atoms with van der Waals surface area (Å²) in [6.45, 7) is 3.08. The van der Waals surface area contributed by atoms with Gasteiger partial charge in [-0.1, -0.05) is 6.92 Å². The number of piperidine rings is 1. The van der Waals surface area contributed by atoms with E-state index in [0.29, 0.717) is 0 Å². The first-order chi connectivity index (χ1) is 8.74. The van der Waals surface area contributed by atoms with E-state index < -0.39 is 0 Å². The maximum atomic E-state index is 5.81. The van der Waals surface area contributed by atoms with Crippen LogP contribution in [-0.4, -0.2) is 30.1 Å². The summed E-state index contributed by atoms with van der Waals surface area (Å²) in [7, 11) is 2.24. The molecule has 0 amide bonds. The summed E-state index contributed by atoms with van der Waals surface area (Å²) in [5, 5.41) is 3.70. The van der Waals surface area contributed by atoms with E-state index in [0.717, 1.165) is 42.6 Å². The molecule has 18 heavy (non-hydrogen) atoms. The third-order valence-corrected chi connectivity index (χ3v) is 4.54. The number of aryl methyl sites for hydroxylation is 1. The first kappa shape index (κ1) is 12.2. The summed E-state index contributed by atoms with van der Waals surface area (Å²) < 4.78 is 5.81. The number of nitrogens with zero attached hydrogens (tertiary/aromatic N) is 1. The van der Waals surface area contributed by atoms with E-state index in [2.05, 4.69) is 36.3 Å². The SMILES string of the molecule is CCc1ccc(CN(C)C2CC3CCC(C2)N3)o1. The zero-order valence-electron chi connectivity index (χ0n) is 11.5. The molecule has 2 fully saturated rings. The highest BCUT2D eigenvalue weighted by Gasteiger charge is 2.35. The molecule has 2 aliphatic heterocycles. The molecule has 1 aromatic rings. The third kappa shape index (κ3) is 2.47. The van der Waals surface area contributed by atoms with Crippen LogP contribution in [0.15, 0.2) is 16.5 Å². The molecular weight excluding hydrogens is 224 g/mol. The lowest BCUT2D eigenvalue weighted by Gasteiger charge is -2.35.